The van der Waals surface area contributed by atoms with Crippen LogP contribution in [0.3, 0.4) is 0 Å². The van der Waals surface area contributed by atoms with Gasteiger partial charge in [-0.1, -0.05) is 23.5 Å². The van der Waals surface area contributed by atoms with Gasteiger partial charge in [-0.15, -0.1) is 11.3 Å². The first-order valence-corrected chi connectivity index (χ1v) is 12.1. The molecule has 33 heavy (non-hydrogen) atoms. The van der Waals surface area contributed by atoms with Crippen LogP contribution in [0.2, 0.25) is 0 Å². The SMILES string of the molecule is O=C(Nc1nc2c(s1)CCCC2C(=O)Nc1nc2ccccc2s1)c1ccc2c(c1)OCO2. The first kappa shape index (κ1) is 20.1. The zero-order valence-corrected chi connectivity index (χ0v) is 18.9. The molecule has 2 aromatic heterocycles. The topological polar surface area (TPSA) is 102 Å². The fourth-order valence-electron chi connectivity index (χ4n) is 4.05. The Morgan fingerprint density at radius 3 is 2.73 bits per heavy atom. The quantitative estimate of drug-likeness (QED) is 0.437. The summed E-state index contributed by atoms with van der Waals surface area (Å²) in [5.74, 6) is 0.406. The summed E-state index contributed by atoms with van der Waals surface area (Å²) in [5.41, 5.74) is 2.06. The Labute approximate surface area is 196 Å². The lowest BCUT2D eigenvalue weighted by Gasteiger charge is -2.19. The molecule has 1 atom stereocenters. The fraction of sp³-hybridized carbons (Fsp3) is 0.217. The van der Waals surface area contributed by atoms with E-state index in [-0.39, 0.29) is 24.5 Å². The number of aromatic nitrogens is 2. The highest BCUT2D eigenvalue weighted by Crippen LogP contribution is 2.38. The first-order valence-electron chi connectivity index (χ1n) is 10.5. The van der Waals surface area contributed by atoms with Gasteiger partial charge < -0.3 is 14.8 Å². The van der Waals surface area contributed by atoms with Crippen molar-refractivity contribution >= 4 is 55.0 Å². The minimum Gasteiger partial charge on any atom is -0.454 e. The third-order valence-electron chi connectivity index (χ3n) is 5.65. The highest BCUT2D eigenvalue weighted by Gasteiger charge is 2.31. The monoisotopic (exact) mass is 478 g/mol. The van der Waals surface area contributed by atoms with Gasteiger partial charge >= 0.3 is 0 Å². The summed E-state index contributed by atoms with van der Waals surface area (Å²) in [7, 11) is 0. The second-order valence-corrected chi connectivity index (χ2v) is 9.88. The van der Waals surface area contributed by atoms with E-state index in [4.69, 9.17) is 9.47 Å². The third-order valence-corrected chi connectivity index (χ3v) is 7.65. The van der Waals surface area contributed by atoms with Gasteiger partial charge in [0.25, 0.3) is 5.91 Å². The molecule has 1 aliphatic heterocycles. The number of anilines is 2. The number of benzene rings is 2. The summed E-state index contributed by atoms with van der Waals surface area (Å²) < 4.78 is 11.7. The van der Waals surface area contributed by atoms with Gasteiger partial charge in [-0.3, -0.25) is 14.9 Å². The number of nitrogens with zero attached hydrogens (tertiary/aromatic N) is 2. The lowest BCUT2D eigenvalue weighted by atomic mass is 9.90. The molecule has 2 amide bonds. The Morgan fingerprint density at radius 1 is 0.970 bits per heavy atom. The minimum absolute atomic E-state index is 0.117. The number of para-hydroxylation sites is 1. The molecule has 2 N–H and O–H groups in total. The highest BCUT2D eigenvalue weighted by atomic mass is 32.1. The largest absolute Gasteiger partial charge is 0.454 e. The molecule has 166 valence electrons. The molecule has 0 radical (unpaired) electrons. The van der Waals surface area contributed by atoms with Crippen LogP contribution in [0, 0.1) is 0 Å². The normalized spacial score (nSPS) is 16.4. The minimum atomic E-state index is -0.367. The number of aryl methyl sites for hydroxylation is 1. The Bertz CT molecular complexity index is 1360. The van der Waals surface area contributed by atoms with Crippen molar-refractivity contribution in [3.63, 3.8) is 0 Å². The van der Waals surface area contributed by atoms with Crippen molar-refractivity contribution in [2.75, 3.05) is 17.4 Å². The average molecular weight is 479 g/mol. The van der Waals surface area contributed by atoms with E-state index >= 15 is 0 Å². The Kier molecular flexibility index (Phi) is 4.96. The molecule has 0 fully saturated rings. The van der Waals surface area contributed by atoms with Crippen LogP contribution in [0.4, 0.5) is 10.3 Å². The van der Waals surface area contributed by atoms with Gasteiger partial charge in [0.2, 0.25) is 12.7 Å². The third kappa shape index (κ3) is 3.81. The standard InChI is InChI=1S/C23H18N4O4S2/c28-20(12-8-9-15-16(10-12)31-11-30-15)26-23-25-19-13(4-3-7-18(19)33-23)21(29)27-22-24-14-5-1-2-6-17(14)32-22/h1-2,5-6,8-10,13H,3-4,7,11H2,(H,24,27,29)(H,25,26,28). The van der Waals surface area contributed by atoms with E-state index in [1.165, 1.54) is 22.7 Å². The molecule has 1 aliphatic carbocycles. The van der Waals surface area contributed by atoms with E-state index < -0.39 is 0 Å². The number of ether oxygens (including phenoxy) is 2. The molecule has 0 spiro atoms. The van der Waals surface area contributed by atoms with Gasteiger partial charge in [-0.25, -0.2) is 9.97 Å². The molecule has 0 saturated carbocycles. The molecular formula is C23H18N4O4S2. The number of hydrogen-bond donors (Lipinski definition) is 2. The van der Waals surface area contributed by atoms with Crippen LogP contribution in [0.15, 0.2) is 42.5 Å². The van der Waals surface area contributed by atoms with E-state index in [1.54, 1.807) is 18.2 Å². The molecular weight excluding hydrogens is 460 g/mol. The first-order chi connectivity index (χ1) is 16.1. The Hall–Kier alpha value is -3.50. The van der Waals surface area contributed by atoms with Gasteiger partial charge in [-0.05, 0) is 49.6 Å². The second-order valence-electron chi connectivity index (χ2n) is 7.77. The highest BCUT2D eigenvalue weighted by molar-refractivity contribution is 7.22. The van der Waals surface area contributed by atoms with Crippen molar-refractivity contribution in [3.8, 4) is 11.5 Å². The number of hydrogen-bond acceptors (Lipinski definition) is 8. The second kappa shape index (κ2) is 8.13. The van der Waals surface area contributed by atoms with Gasteiger partial charge in [0.1, 0.15) is 0 Å². The summed E-state index contributed by atoms with van der Waals surface area (Å²) in [6.07, 6.45) is 2.45. The number of fused-ring (bicyclic) bond motifs is 3. The van der Waals surface area contributed by atoms with Crippen LogP contribution in [-0.4, -0.2) is 28.6 Å². The van der Waals surface area contributed by atoms with Crippen molar-refractivity contribution in [1.82, 2.24) is 9.97 Å². The van der Waals surface area contributed by atoms with Crippen LogP contribution in [0.25, 0.3) is 10.2 Å². The molecule has 6 rings (SSSR count). The van der Waals surface area contributed by atoms with Crippen molar-refractivity contribution < 1.29 is 19.1 Å². The van der Waals surface area contributed by atoms with E-state index in [0.29, 0.717) is 33.7 Å². The number of nitrogens with one attached hydrogen (secondary N) is 2. The van der Waals surface area contributed by atoms with E-state index in [9.17, 15) is 9.59 Å². The molecule has 2 aromatic carbocycles. The Morgan fingerprint density at radius 2 is 1.82 bits per heavy atom. The van der Waals surface area contributed by atoms with Crippen LogP contribution in [0.1, 0.15) is 39.7 Å². The van der Waals surface area contributed by atoms with Gasteiger partial charge in [0.15, 0.2) is 21.8 Å². The van der Waals surface area contributed by atoms with E-state index in [2.05, 4.69) is 20.6 Å². The maximum atomic E-state index is 13.1. The average Bonchev–Trinajstić information content (AvgIpc) is 3.54. The molecule has 0 bridgehead atoms. The van der Waals surface area contributed by atoms with Crippen molar-refractivity contribution in [1.29, 1.82) is 0 Å². The molecule has 2 aliphatic rings. The van der Waals surface area contributed by atoms with E-state index in [0.717, 1.165) is 33.6 Å². The van der Waals surface area contributed by atoms with Crippen LogP contribution >= 0.6 is 22.7 Å². The number of thiazole rings is 2. The predicted molar refractivity (Wildman–Crippen MR) is 127 cm³/mol. The number of carbonyl (C=O) groups excluding carboxylic acids is 2. The summed E-state index contributed by atoms with van der Waals surface area (Å²) in [6, 6.07) is 12.8. The van der Waals surface area contributed by atoms with E-state index in [1.807, 2.05) is 24.3 Å². The van der Waals surface area contributed by atoms with Crippen molar-refractivity contribution in [3.05, 3.63) is 58.6 Å². The van der Waals surface area contributed by atoms with Crippen LogP contribution < -0.4 is 20.1 Å². The number of carbonyl (C=O) groups is 2. The van der Waals surface area contributed by atoms with Gasteiger partial charge in [-0.2, -0.15) is 0 Å². The fourth-order valence-corrected chi connectivity index (χ4v) is 5.98. The molecule has 4 aromatic rings. The lowest BCUT2D eigenvalue weighted by molar-refractivity contribution is -0.117. The van der Waals surface area contributed by atoms with Crippen LogP contribution in [0.5, 0.6) is 11.5 Å². The maximum Gasteiger partial charge on any atom is 0.257 e. The van der Waals surface area contributed by atoms with Crippen LogP contribution in [-0.2, 0) is 11.2 Å². The molecule has 10 heteroatoms. The predicted octanol–water partition coefficient (Wildman–Crippen LogP) is 4.79. The summed E-state index contributed by atoms with van der Waals surface area (Å²) in [5, 5.41) is 6.90. The lowest BCUT2D eigenvalue weighted by Crippen LogP contribution is -2.24. The summed E-state index contributed by atoms with van der Waals surface area (Å²) >= 11 is 2.88. The molecule has 8 nitrogen and oxygen atoms in total. The van der Waals surface area contributed by atoms with Gasteiger partial charge in [0, 0.05) is 10.4 Å². The summed E-state index contributed by atoms with van der Waals surface area (Å²) in [4.78, 5) is 36.0. The zero-order valence-electron chi connectivity index (χ0n) is 17.3. The maximum absolute atomic E-state index is 13.1. The smallest absolute Gasteiger partial charge is 0.257 e. The zero-order chi connectivity index (χ0) is 22.4. The molecule has 1 unspecified atom stereocenters. The summed E-state index contributed by atoms with van der Waals surface area (Å²) in [6.45, 7) is 0.153. The molecule has 0 saturated heterocycles. The molecule has 3 heterocycles. The van der Waals surface area contributed by atoms with Crippen molar-refractivity contribution in [2.45, 2.75) is 25.2 Å². The Balaban J connectivity index is 1.19. The van der Waals surface area contributed by atoms with Crippen molar-refractivity contribution in [2.24, 2.45) is 0 Å². The van der Waals surface area contributed by atoms with Gasteiger partial charge in [0.05, 0.1) is 21.8 Å². The number of rotatable bonds is 4. The number of amides is 2.